The van der Waals surface area contributed by atoms with Gasteiger partial charge in [-0.15, -0.1) is 0 Å². The molecule has 2 aromatic rings. The lowest BCUT2D eigenvalue weighted by Gasteiger charge is -2.09. The number of benzene rings is 2. The van der Waals surface area contributed by atoms with E-state index in [1.807, 2.05) is 0 Å². The molecule has 110 valence electrons. The maximum Gasteiger partial charge on any atom is 0.337 e. The number of carboxylic acids is 1. The van der Waals surface area contributed by atoms with Crippen molar-refractivity contribution in [1.29, 1.82) is 0 Å². The Morgan fingerprint density at radius 3 is 2.29 bits per heavy atom. The maximum atomic E-state index is 12.8. The number of halogens is 2. The molecule has 0 aliphatic heterocycles. The second-order valence-corrected chi connectivity index (χ2v) is 6.15. The van der Waals surface area contributed by atoms with Crippen LogP contribution in [-0.4, -0.2) is 19.5 Å². The number of nitrogens with one attached hydrogen (secondary N) is 1. The van der Waals surface area contributed by atoms with Gasteiger partial charge in [0.2, 0.25) is 0 Å². The van der Waals surface area contributed by atoms with E-state index in [0.717, 1.165) is 30.3 Å². The largest absolute Gasteiger partial charge is 0.478 e. The fraction of sp³-hybridized carbons (Fsp3) is 0. The number of hydrogen-bond donors (Lipinski definition) is 2. The lowest BCUT2D eigenvalue weighted by Crippen LogP contribution is -2.13. The third-order valence-corrected chi connectivity index (χ3v) is 4.27. The van der Waals surface area contributed by atoms with Gasteiger partial charge in [0.15, 0.2) is 0 Å². The molecule has 2 N–H and O–H groups in total. The minimum Gasteiger partial charge on any atom is -0.478 e. The van der Waals surface area contributed by atoms with Crippen molar-refractivity contribution >= 4 is 33.3 Å². The first-order chi connectivity index (χ1) is 9.79. The molecule has 0 saturated heterocycles. The number of hydrogen-bond acceptors (Lipinski definition) is 3. The first kappa shape index (κ1) is 15.3. The number of sulfonamides is 1. The zero-order chi connectivity index (χ0) is 15.6. The molecule has 0 spiro atoms. The summed E-state index contributed by atoms with van der Waals surface area (Å²) in [5.74, 6) is -1.75. The van der Waals surface area contributed by atoms with Gasteiger partial charge in [-0.1, -0.05) is 11.6 Å². The molecule has 0 fully saturated rings. The topological polar surface area (TPSA) is 83.5 Å². The van der Waals surface area contributed by atoms with E-state index >= 15 is 0 Å². The standard InChI is InChI=1S/C13H9ClFNO4S/c14-12-7-10(5-6-11(12)13(17)18)21(19,20)16-9-3-1-8(15)2-4-9/h1-7,16H,(H,17,18). The van der Waals surface area contributed by atoms with Crippen LogP contribution >= 0.6 is 11.6 Å². The molecule has 0 unspecified atom stereocenters. The van der Waals surface area contributed by atoms with Gasteiger partial charge in [0.1, 0.15) is 5.82 Å². The summed E-state index contributed by atoms with van der Waals surface area (Å²) < 4.78 is 39.2. The highest BCUT2D eigenvalue weighted by molar-refractivity contribution is 7.92. The predicted molar refractivity (Wildman–Crippen MR) is 75.6 cm³/mol. The van der Waals surface area contributed by atoms with Crippen LogP contribution < -0.4 is 4.72 Å². The van der Waals surface area contributed by atoms with Crippen molar-refractivity contribution in [3.05, 3.63) is 58.9 Å². The Hall–Kier alpha value is -2.12. The molecular weight excluding hydrogens is 321 g/mol. The van der Waals surface area contributed by atoms with Gasteiger partial charge in [0.25, 0.3) is 10.0 Å². The smallest absolute Gasteiger partial charge is 0.337 e. The summed E-state index contributed by atoms with van der Waals surface area (Å²) in [6, 6.07) is 8.01. The molecule has 0 aliphatic rings. The first-order valence-electron chi connectivity index (χ1n) is 5.61. The summed E-state index contributed by atoms with van der Waals surface area (Å²) >= 11 is 5.73. The molecule has 0 aliphatic carbocycles. The quantitative estimate of drug-likeness (QED) is 0.903. The van der Waals surface area contributed by atoms with Gasteiger partial charge >= 0.3 is 5.97 Å². The Morgan fingerprint density at radius 2 is 1.76 bits per heavy atom. The second kappa shape index (κ2) is 5.71. The third-order valence-electron chi connectivity index (χ3n) is 2.58. The van der Waals surface area contributed by atoms with Gasteiger partial charge < -0.3 is 5.11 Å². The van der Waals surface area contributed by atoms with Crippen LogP contribution in [0.15, 0.2) is 47.4 Å². The Bertz CT molecular complexity index is 790. The van der Waals surface area contributed by atoms with Gasteiger partial charge in [0, 0.05) is 5.69 Å². The lowest BCUT2D eigenvalue weighted by atomic mass is 10.2. The number of rotatable bonds is 4. The fourth-order valence-corrected chi connectivity index (χ4v) is 2.98. The van der Waals surface area contributed by atoms with Crippen molar-refractivity contribution in [2.45, 2.75) is 4.90 Å². The molecule has 0 aromatic heterocycles. The molecule has 0 amide bonds. The molecular formula is C13H9ClFNO4S. The van der Waals surface area contributed by atoms with Crippen molar-refractivity contribution in [3.63, 3.8) is 0 Å². The molecule has 21 heavy (non-hydrogen) atoms. The molecule has 5 nitrogen and oxygen atoms in total. The van der Waals surface area contributed by atoms with Gasteiger partial charge in [0.05, 0.1) is 15.5 Å². The summed E-state index contributed by atoms with van der Waals surface area (Å²) in [6.45, 7) is 0. The van der Waals surface area contributed by atoms with Crippen LogP contribution in [0.4, 0.5) is 10.1 Å². The van der Waals surface area contributed by atoms with Crippen LogP contribution in [0, 0.1) is 5.82 Å². The Morgan fingerprint density at radius 1 is 1.14 bits per heavy atom. The van der Waals surface area contributed by atoms with Crippen LogP contribution in [-0.2, 0) is 10.0 Å². The third kappa shape index (κ3) is 3.50. The zero-order valence-electron chi connectivity index (χ0n) is 10.4. The fourth-order valence-electron chi connectivity index (χ4n) is 1.57. The number of carboxylic acid groups (broad SMARTS) is 1. The van der Waals surface area contributed by atoms with E-state index in [4.69, 9.17) is 16.7 Å². The molecule has 0 bridgehead atoms. The monoisotopic (exact) mass is 329 g/mol. The number of carbonyl (C=O) groups is 1. The highest BCUT2D eigenvalue weighted by Gasteiger charge is 2.17. The normalized spacial score (nSPS) is 11.1. The predicted octanol–water partition coefficient (Wildman–Crippen LogP) is 2.98. The minimum atomic E-state index is -3.94. The van der Waals surface area contributed by atoms with E-state index < -0.39 is 21.8 Å². The van der Waals surface area contributed by atoms with E-state index in [1.165, 1.54) is 12.1 Å². The summed E-state index contributed by atoms with van der Waals surface area (Å²) in [4.78, 5) is 10.6. The minimum absolute atomic E-state index is 0.176. The van der Waals surface area contributed by atoms with Crippen molar-refractivity contribution in [2.24, 2.45) is 0 Å². The van der Waals surface area contributed by atoms with E-state index in [1.54, 1.807) is 0 Å². The highest BCUT2D eigenvalue weighted by Crippen LogP contribution is 2.23. The SMILES string of the molecule is O=C(O)c1ccc(S(=O)(=O)Nc2ccc(F)cc2)cc1Cl. The Balaban J connectivity index is 2.33. The maximum absolute atomic E-state index is 12.8. The Kier molecular flexibility index (Phi) is 4.15. The van der Waals surface area contributed by atoms with Crippen LogP contribution in [0.5, 0.6) is 0 Å². The van der Waals surface area contributed by atoms with E-state index in [9.17, 15) is 17.6 Å². The molecule has 0 atom stereocenters. The molecule has 0 heterocycles. The van der Waals surface area contributed by atoms with Crippen LogP contribution in [0.25, 0.3) is 0 Å². The lowest BCUT2D eigenvalue weighted by molar-refractivity contribution is 0.0697. The average Bonchev–Trinajstić information content (AvgIpc) is 2.40. The van der Waals surface area contributed by atoms with E-state index in [2.05, 4.69) is 4.72 Å². The summed E-state index contributed by atoms with van der Waals surface area (Å²) in [5.41, 5.74) is -0.0211. The summed E-state index contributed by atoms with van der Waals surface area (Å²) in [5, 5.41) is 8.65. The van der Waals surface area contributed by atoms with Crippen molar-refractivity contribution < 1.29 is 22.7 Å². The van der Waals surface area contributed by atoms with Gasteiger partial charge in [-0.05, 0) is 42.5 Å². The van der Waals surface area contributed by atoms with Crippen LogP contribution in [0.3, 0.4) is 0 Å². The molecule has 2 aromatic carbocycles. The van der Waals surface area contributed by atoms with Crippen LogP contribution in [0.2, 0.25) is 5.02 Å². The second-order valence-electron chi connectivity index (χ2n) is 4.06. The van der Waals surface area contributed by atoms with Gasteiger partial charge in [-0.3, -0.25) is 4.72 Å². The summed E-state index contributed by atoms with van der Waals surface area (Å²) in [7, 11) is -3.94. The van der Waals surface area contributed by atoms with Crippen molar-refractivity contribution in [1.82, 2.24) is 0 Å². The Labute approximate surface area is 125 Å². The van der Waals surface area contributed by atoms with Crippen LogP contribution in [0.1, 0.15) is 10.4 Å². The molecule has 0 radical (unpaired) electrons. The molecule has 2 rings (SSSR count). The molecule has 8 heteroatoms. The molecule has 0 saturated carbocycles. The first-order valence-corrected chi connectivity index (χ1v) is 7.47. The summed E-state index contributed by atoms with van der Waals surface area (Å²) in [6.07, 6.45) is 0. The van der Waals surface area contributed by atoms with Crippen molar-refractivity contribution in [2.75, 3.05) is 4.72 Å². The van der Waals surface area contributed by atoms with Gasteiger partial charge in [-0.25, -0.2) is 17.6 Å². The average molecular weight is 330 g/mol. The van der Waals surface area contributed by atoms with Gasteiger partial charge in [-0.2, -0.15) is 0 Å². The number of anilines is 1. The van der Waals surface area contributed by atoms with E-state index in [-0.39, 0.29) is 21.2 Å². The van der Waals surface area contributed by atoms with E-state index in [0.29, 0.717) is 0 Å². The number of aromatic carboxylic acids is 1. The highest BCUT2D eigenvalue weighted by atomic mass is 35.5. The zero-order valence-corrected chi connectivity index (χ0v) is 12.0. The van der Waals surface area contributed by atoms with Crippen molar-refractivity contribution in [3.8, 4) is 0 Å².